The van der Waals surface area contributed by atoms with Crippen molar-refractivity contribution in [3.63, 3.8) is 0 Å². The zero-order valence-electron chi connectivity index (χ0n) is 13.8. The summed E-state index contributed by atoms with van der Waals surface area (Å²) in [7, 11) is 0. The molecular weight excluding hydrogens is 354 g/mol. The number of hydrogen-bond donors (Lipinski definition) is 1. The lowest BCUT2D eigenvalue weighted by atomic mass is 10.1. The maximum absolute atomic E-state index is 12.4. The molecule has 0 fully saturated rings. The van der Waals surface area contributed by atoms with E-state index in [9.17, 15) is 4.79 Å². The molecule has 0 aliphatic heterocycles. The lowest BCUT2D eigenvalue weighted by molar-refractivity contribution is 0.0925. The minimum absolute atomic E-state index is 0.179. The minimum Gasteiger partial charge on any atom is -0.438 e. The van der Waals surface area contributed by atoms with Crippen molar-refractivity contribution in [1.82, 2.24) is 15.5 Å². The fourth-order valence-corrected chi connectivity index (χ4v) is 2.67. The predicted octanol–water partition coefficient (Wildman–Crippen LogP) is 4.63. The third kappa shape index (κ3) is 3.19. The van der Waals surface area contributed by atoms with Gasteiger partial charge in [0.2, 0.25) is 5.89 Å². The van der Waals surface area contributed by atoms with Gasteiger partial charge in [-0.05, 0) is 43.3 Å². The van der Waals surface area contributed by atoms with Gasteiger partial charge in [-0.2, -0.15) is 0 Å². The van der Waals surface area contributed by atoms with Gasteiger partial charge in [0, 0.05) is 16.7 Å². The highest BCUT2D eigenvalue weighted by molar-refractivity contribution is 6.30. The monoisotopic (exact) mass is 367 g/mol. The first-order valence-electron chi connectivity index (χ1n) is 7.99. The second kappa shape index (κ2) is 6.65. The largest absolute Gasteiger partial charge is 0.438 e. The molecule has 1 atom stereocenters. The number of benzene rings is 2. The van der Waals surface area contributed by atoms with Crippen molar-refractivity contribution >= 4 is 28.6 Å². The van der Waals surface area contributed by atoms with E-state index in [1.807, 2.05) is 24.3 Å². The van der Waals surface area contributed by atoms with Crippen molar-refractivity contribution in [2.24, 2.45) is 0 Å². The molecule has 4 aromatic rings. The van der Waals surface area contributed by atoms with Crippen LogP contribution in [0.2, 0.25) is 5.02 Å². The third-order valence-corrected chi connectivity index (χ3v) is 4.15. The second-order valence-electron chi connectivity index (χ2n) is 5.80. The molecule has 2 aromatic carbocycles. The second-order valence-corrected chi connectivity index (χ2v) is 6.23. The molecule has 0 radical (unpaired) electrons. The third-order valence-electron chi connectivity index (χ3n) is 3.90. The molecule has 0 spiro atoms. The molecule has 130 valence electrons. The number of carbonyl (C=O) groups is 1. The highest BCUT2D eigenvalue weighted by Crippen LogP contribution is 2.23. The van der Waals surface area contributed by atoms with Crippen LogP contribution in [-0.2, 0) is 0 Å². The highest BCUT2D eigenvalue weighted by Gasteiger charge is 2.19. The molecule has 0 bridgehead atoms. The van der Waals surface area contributed by atoms with Gasteiger partial charge >= 0.3 is 0 Å². The predicted molar refractivity (Wildman–Crippen MR) is 96.8 cm³/mol. The average molecular weight is 368 g/mol. The van der Waals surface area contributed by atoms with E-state index in [-0.39, 0.29) is 11.6 Å². The van der Waals surface area contributed by atoms with E-state index in [1.165, 1.54) is 0 Å². The van der Waals surface area contributed by atoms with Crippen LogP contribution in [0.5, 0.6) is 0 Å². The fourth-order valence-electron chi connectivity index (χ4n) is 2.54. The number of para-hydroxylation sites is 2. The molecule has 0 saturated carbocycles. The van der Waals surface area contributed by atoms with Crippen molar-refractivity contribution in [2.75, 3.05) is 0 Å². The van der Waals surface area contributed by atoms with Gasteiger partial charge in [-0.3, -0.25) is 4.79 Å². The lowest BCUT2D eigenvalue weighted by Crippen LogP contribution is -2.27. The van der Waals surface area contributed by atoms with Crippen LogP contribution in [0.15, 0.2) is 63.5 Å². The number of rotatable bonds is 4. The van der Waals surface area contributed by atoms with Gasteiger partial charge in [-0.15, -0.1) is 0 Å². The molecule has 2 aromatic heterocycles. The van der Waals surface area contributed by atoms with Gasteiger partial charge in [0.25, 0.3) is 5.91 Å². The molecule has 0 aliphatic rings. The van der Waals surface area contributed by atoms with Crippen molar-refractivity contribution in [3.8, 4) is 11.3 Å². The summed E-state index contributed by atoms with van der Waals surface area (Å²) in [5, 5.41) is 7.27. The van der Waals surface area contributed by atoms with Crippen molar-refractivity contribution in [1.29, 1.82) is 0 Å². The Morgan fingerprint density at radius 3 is 2.69 bits per heavy atom. The van der Waals surface area contributed by atoms with Crippen molar-refractivity contribution in [3.05, 3.63) is 71.2 Å². The van der Waals surface area contributed by atoms with Gasteiger partial charge in [-0.1, -0.05) is 28.9 Å². The summed E-state index contributed by atoms with van der Waals surface area (Å²) in [4.78, 5) is 16.8. The zero-order chi connectivity index (χ0) is 18.1. The average Bonchev–Trinajstić information content (AvgIpc) is 3.29. The minimum atomic E-state index is -0.411. The molecule has 26 heavy (non-hydrogen) atoms. The molecule has 4 rings (SSSR count). The Hall–Kier alpha value is -3.12. The molecule has 7 heteroatoms. The van der Waals surface area contributed by atoms with E-state index in [2.05, 4.69) is 15.5 Å². The topological polar surface area (TPSA) is 81.2 Å². The molecule has 2 heterocycles. The van der Waals surface area contributed by atoms with E-state index in [1.54, 1.807) is 37.3 Å². The maximum atomic E-state index is 12.4. The SMILES string of the molecule is CC(NC(=O)c1cc(-c2ccc(Cl)cc2)on1)c1nc2ccccc2o1. The summed E-state index contributed by atoms with van der Waals surface area (Å²) in [6, 6.07) is 15.7. The summed E-state index contributed by atoms with van der Waals surface area (Å²) in [5.41, 5.74) is 2.39. The smallest absolute Gasteiger partial charge is 0.274 e. The first kappa shape index (κ1) is 16.4. The fraction of sp³-hybridized carbons (Fsp3) is 0.105. The van der Waals surface area contributed by atoms with Crippen LogP contribution in [-0.4, -0.2) is 16.0 Å². The molecule has 1 N–H and O–H groups in total. The number of oxazole rings is 1. The first-order chi connectivity index (χ1) is 12.6. The molecule has 0 aliphatic carbocycles. The van der Waals surface area contributed by atoms with Crippen LogP contribution < -0.4 is 5.32 Å². The number of fused-ring (bicyclic) bond motifs is 1. The molecule has 6 nitrogen and oxygen atoms in total. The van der Waals surface area contributed by atoms with Gasteiger partial charge in [0.05, 0.1) is 0 Å². The summed E-state index contributed by atoms with van der Waals surface area (Å²) in [6.07, 6.45) is 0. The number of nitrogens with zero attached hydrogens (tertiary/aromatic N) is 2. The van der Waals surface area contributed by atoms with Gasteiger partial charge < -0.3 is 14.3 Å². The Kier molecular flexibility index (Phi) is 4.18. The number of hydrogen-bond acceptors (Lipinski definition) is 5. The molecule has 1 unspecified atom stereocenters. The van der Waals surface area contributed by atoms with E-state index in [4.69, 9.17) is 20.5 Å². The molecular formula is C19H14ClN3O3. The van der Waals surface area contributed by atoms with Crippen molar-refractivity contribution < 1.29 is 13.7 Å². The number of aromatic nitrogens is 2. The van der Waals surface area contributed by atoms with E-state index >= 15 is 0 Å². The molecule has 1 amide bonds. The van der Waals surface area contributed by atoms with Gasteiger partial charge in [-0.25, -0.2) is 4.98 Å². The van der Waals surface area contributed by atoms with E-state index < -0.39 is 6.04 Å². The lowest BCUT2D eigenvalue weighted by Gasteiger charge is -2.08. The first-order valence-corrected chi connectivity index (χ1v) is 8.37. The Balaban J connectivity index is 1.50. The number of amides is 1. The summed E-state index contributed by atoms with van der Waals surface area (Å²) < 4.78 is 10.9. The van der Waals surface area contributed by atoms with Crippen LogP contribution in [0.25, 0.3) is 22.4 Å². The quantitative estimate of drug-likeness (QED) is 0.568. The van der Waals surface area contributed by atoms with Crippen LogP contribution in [0, 0.1) is 0 Å². The molecule has 0 saturated heterocycles. The number of carbonyl (C=O) groups excluding carboxylic acids is 1. The van der Waals surface area contributed by atoms with E-state index in [0.717, 1.165) is 11.1 Å². The van der Waals surface area contributed by atoms with Crippen LogP contribution in [0.3, 0.4) is 0 Å². The van der Waals surface area contributed by atoms with Crippen LogP contribution in [0.4, 0.5) is 0 Å². The van der Waals surface area contributed by atoms with Gasteiger partial charge in [0.1, 0.15) is 11.6 Å². The highest BCUT2D eigenvalue weighted by atomic mass is 35.5. The summed E-state index contributed by atoms with van der Waals surface area (Å²) in [6.45, 7) is 1.79. The van der Waals surface area contributed by atoms with Gasteiger partial charge in [0.15, 0.2) is 17.0 Å². The summed E-state index contributed by atoms with van der Waals surface area (Å²) >= 11 is 5.87. The summed E-state index contributed by atoms with van der Waals surface area (Å²) in [5.74, 6) is 0.547. The maximum Gasteiger partial charge on any atom is 0.274 e. The Morgan fingerprint density at radius 1 is 1.15 bits per heavy atom. The van der Waals surface area contributed by atoms with E-state index in [0.29, 0.717) is 22.3 Å². The van der Waals surface area contributed by atoms with Crippen molar-refractivity contribution in [2.45, 2.75) is 13.0 Å². The standard InChI is InChI=1S/C19H14ClN3O3/c1-11(19-22-14-4-2-3-5-16(14)25-19)21-18(24)15-10-17(26-23-15)12-6-8-13(20)9-7-12/h2-11H,1H3,(H,21,24). The van der Waals surface area contributed by atoms with Crippen LogP contribution in [0.1, 0.15) is 29.3 Å². The zero-order valence-corrected chi connectivity index (χ0v) is 14.5. The Labute approximate surface area is 153 Å². The Morgan fingerprint density at radius 2 is 1.92 bits per heavy atom. The number of halogens is 1. The normalized spacial score (nSPS) is 12.2. The Bertz CT molecular complexity index is 1040. The number of nitrogens with one attached hydrogen (secondary N) is 1. The van der Waals surface area contributed by atoms with Crippen LogP contribution >= 0.6 is 11.6 Å².